The van der Waals surface area contributed by atoms with Gasteiger partial charge in [0.15, 0.2) is 5.79 Å². The number of pyridine rings is 1. The number of carbonyl (C=O) groups is 2. The molecule has 1 aromatic carbocycles. The van der Waals surface area contributed by atoms with Crippen LogP contribution in [0.3, 0.4) is 0 Å². The molecule has 14 nitrogen and oxygen atoms in total. The molecule has 17 heteroatoms. The monoisotopic (exact) mass is 817 g/mol. The Kier molecular flexibility index (Phi) is 12.3. The topological polar surface area (TPSA) is 190 Å². The van der Waals surface area contributed by atoms with Gasteiger partial charge in [-0.3, -0.25) is 4.98 Å². The van der Waals surface area contributed by atoms with Crippen molar-refractivity contribution in [2.24, 2.45) is 10.9 Å². The lowest BCUT2D eigenvalue weighted by Gasteiger charge is -2.29. The van der Waals surface area contributed by atoms with Crippen LogP contribution in [0.25, 0.3) is 21.3 Å². The number of imide groups is 1. The van der Waals surface area contributed by atoms with Crippen molar-refractivity contribution in [1.82, 2.24) is 9.97 Å². The fourth-order valence-electron chi connectivity index (χ4n) is 6.06. The number of sulfonamides is 1. The maximum absolute atomic E-state index is 13.7. The number of anilines is 1. The third kappa shape index (κ3) is 10.6. The largest absolute Gasteiger partial charge is 0.489 e. The summed E-state index contributed by atoms with van der Waals surface area (Å²) in [4.78, 5) is 38.1. The van der Waals surface area contributed by atoms with Gasteiger partial charge in [0.25, 0.3) is 0 Å². The number of hydrogen-bond donors (Lipinski definition) is 2. The van der Waals surface area contributed by atoms with Crippen molar-refractivity contribution in [2.45, 2.75) is 110 Å². The standard InChI is InChI=1S/C38H50ClN6O8S2/c1-22(51-38(8,9)50-16-14-40)23-13-15-42-28(18-23)26-12-10-11-24-17-25(54-32(24)26)19-29-27(39)21-43-33(44(29)30-20-31(30)55(41,48)49)45(34(46)52-36(2,3)4)35(47)53-37(5,6)7/h10-13,15,17-18,21-22,30-31H,14,16,19-20,40H2,1-9H3,(H2,41,48,49)/q+1. The van der Waals surface area contributed by atoms with Crippen molar-refractivity contribution < 1.29 is 41.5 Å². The van der Waals surface area contributed by atoms with E-state index >= 15 is 0 Å². The third-order valence-electron chi connectivity index (χ3n) is 8.38. The molecular weight excluding hydrogens is 768 g/mol. The number of benzene rings is 1. The van der Waals surface area contributed by atoms with Gasteiger partial charge in [0.1, 0.15) is 39.4 Å². The molecule has 0 spiro atoms. The van der Waals surface area contributed by atoms with Gasteiger partial charge < -0.3 is 24.7 Å². The molecule has 1 saturated carbocycles. The normalized spacial score (nSPS) is 16.9. The smallest absolute Gasteiger partial charge is 0.431 e. The van der Waals surface area contributed by atoms with E-state index in [2.05, 4.69) is 4.98 Å². The Balaban J connectivity index is 1.58. The van der Waals surface area contributed by atoms with E-state index in [-0.39, 0.29) is 29.9 Å². The summed E-state index contributed by atoms with van der Waals surface area (Å²) < 4.78 is 50.9. The molecule has 3 atom stereocenters. The molecule has 0 saturated heterocycles. The highest BCUT2D eigenvalue weighted by Gasteiger charge is 2.55. The summed E-state index contributed by atoms with van der Waals surface area (Å²) in [5.74, 6) is -1.06. The van der Waals surface area contributed by atoms with Crippen molar-refractivity contribution >= 4 is 61.2 Å². The fraction of sp³-hybridized carbons (Fsp3) is 0.500. The van der Waals surface area contributed by atoms with Crippen LogP contribution in [0.4, 0.5) is 15.5 Å². The Morgan fingerprint density at radius 2 is 1.69 bits per heavy atom. The van der Waals surface area contributed by atoms with Crippen molar-refractivity contribution in [3.63, 3.8) is 0 Å². The third-order valence-corrected chi connectivity index (χ3v) is 11.2. The van der Waals surface area contributed by atoms with Crippen LogP contribution in [0, 0.1) is 0 Å². The Morgan fingerprint density at radius 1 is 1.04 bits per heavy atom. The van der Waals surface area contributed by atoms with E-state index in [1.165, 1.54) is 22.1 Å². The van der Waals surface area contributed by atoms with Gasteiger partial charge in [-0.2, -0.15) is 0 Å². The van der Waals surface area contributed by atoms with Crippen molar-refractivity contribution in [3.8, 4) is 11.3 Å². The highest BCUT2D eigenvalue weighted by atomic mass is 35.5. The maximum atomic E-state index is 13.7. The molecule has 0 bridgehead atoms. The van der Waals surface area contributed by atoms with E-state index in [0.717, 1.165) is 31.8 Å². The van der Waals surface area contributed by atoms with Crippen LogP contribution < -0.4 is 20.3 Å². The molecule has 1 aliphatic rings. The van der Waals surface area contributed by atoms with Gasteiger partial charge in [0.2, 0.25) is 10.0 Å². The number of carbonyl (C=O) groups excluding carboxylic acids is 2. The molecule has 0 aliphatic heterocycles. The highest BCUT2D eigenvalue weighted by Crippen LogP contribution is 2.41. The average Bonchev–Trinajstić information content (AvgIpc) is 3.76. The summed E-state index contributed by atoms with van der Waals surface area (Å²) in [6, 6.07) is 11.0. The Bertz CT molecular complexity index is 2150. The Morgan fingerprint density at radius 3 is 2.27 bits per heavy atom. The Labute approximate surface area is 331 Å². The first-order chi connectivity index (χ1) is 25.5. The van der Waals surface area contributed by atoms with Crippen LogP contribution in [0.5, 0.6) is 0 Å². The molecule has 1 aliphatic carbocycles. The van der Waals surface area contributed by atoms with E-state index in [4.69, 9.17) is 46.4 Å². The molecule has 0 radical (unpaired) electrons. The summed E-state index contributed by atoms with van der Waals surface area (Å²) in [6.45, 7) is 16.3. The van der Waals surface area contributed by atoms with Crippen LogP contribution in [0.15, 0.2) is 48.8 Å². The van der Waals surface area contributed by atoms with Crippen molar-refractivity contribution in [2.75, 3.05) is 18.1 Å². The van der Waals surface area contributed by atoms with Gasteiger partial charge in [0.05, 0.1) is 18.4 Å². The van der Waals surface area contributed by atoms with Gasteiger partial charge in [-0.05, 0) is 91.5 Å². The summed E-state index contributed by atoms with van der Waals surface area (Å²) in [5.41, 5.74) is 6.59. The molecule has 4 N–H and O–H groups in total. The number of primary sulfonamides is 1. The van der Waals surface area contributed by atoms with Gasteiger partial charge >= 0.3 is 18.1 Å². The molecule has 1 fully saturated rings. The fourth-order valence-corrected chi connectivity index (χ4v) is 8.47. The van der Waals surface area contributed by atoms with Crippen molar-refractivity contribution in [3.05, 3.63) is 69.9 Å². The van der Waals surface area contributed by atoms with Gasteiger partial charge in [-0.1, -0.05) is 39.7 Å². The Hall–Kier alpha value is -3.77. The van der Waals surface area contributed by atoms with E-state index in [1.54, 1.807) is 47.7 Å². The quantitative estimate of drug-likeness (QED) is 0.111. The molecular formula is C38H50ClN6O8S2+. The maximum Gasteiger partial charge on any atom is 0.489 e. The predicted octanol–water partition coefficient (Wildman–Crippen LogP) is 6.96. The minimum Gasteiger partial charge on any atom is -0.431 e. The first kappa shape index (κ1) is 42.4. The number of aromatic nitrogens is 3. The van der Waals surface area contributed by atoms with E-state index in [9.17, 15) is 18.0 Å². The van der Waals surface area contributed by atoms with Crippen LogP contribution in [0.1, 0.15) is 97.0 Å². The molecule has 3 unspecified atom stereocenters. The summed E-state index contributed by atoms with van der Waals surface area (Å²) in [6.07, 6.45) is 0.931. The van der Waals surface area contributed by atoms with Crippen molar-refractivity contribution in [1.29, 1.82) is 0 Å². The van der Waals surface area contributed by atoms with Gasteiger partial charge in [0, 0.05) is 40.7 Å². The number of rotatable bonds is 12. The lowest BCUT2D eigenvalue weighted by molar-refractivity contribution is -0.696. The van der Waals surface area contributed by atoms with Crippen LogP contribution in [0.2, 0.25) is 5.02 Å². The van der Waals surface area contributed by atoms with E-state index < -0.39 is 50.5 Å². The van der Waals surface area contributed by atoms with Crippen LogP contribution in [-0.4, -0.2) is 66.0 Å². The first-order valence-corrected chi connectivity index (χ1v) is 20.6. The summed E-state index contributed by atoms with van der Waals surface area (Å²) in [5, 5.41) is 5.74. The SMILES string of the molecule is CC(OC(C)(C)OCCN)c1ccnc(-c2cccc3cc(Cc4c(Cl)cnc(N(C(=O)OC(C)(C)C)C(=O)OC(C)(C)C)[n+]4C4CC4S(N)(=O)=O)sc23)c1. The highest BCUT2D eigenvalue weighted by molar-refractivity contribution is 7.90. The van der Waals surface area contributed by atoms with Crippen LogP contribution >= 0.6 is 22.9 Å². The minimum absolute atomic E-state index is 0.110. The number of ether oxygens (including phenoxy) is 4. The molecule has 298 valence electrons. The zero-order valence-electron chi connectivity index (χ0n) is 32.6. The molecule has 3 aromatic heterocycles. The second-order valence-electron chi connectivity index (χ2n) is 15.8. The predicted molar refractivity (Wildman–Crippen MR) is 211 cm³/mol. The zero-order chi connectivity index (χ0) is 40.7. The van der Waals surface area contributed by atoms with E-state index in [1.807, 2.05) is 57.2 Å². The summed E-state index contributed by atoms with van der Waals surface area (Å²) in [7, 11) is -4.02. The molecule has 2 amide bonds. The summed E-state index contributed by atoms with van der Waals surface area (Å²) >= 11 is 8.37. The van der Waals surface area contributed by atoms with Gasteiger partial charge in [-0.15, -0.1) is 11.3 Å². The van der Waals surface area contributed by atoms with Gasteiger partial charge in [-0.25, -0.2) is 27.7 Å². The molecule has 3 heterocycles. The number of hydrogen-bond acceptors (Lipinski definition) is 12. The second kappa shape index (κ2) is 16.0. The second-order valence-corrected chi connectivity index (χ2v) is 19.2. The lowest BCUT2D eigenvalue weighted by Crippen LogP contribution is -2.53. The first-order valence-electron chi connectivity index (χ1n) is 17.8. The number of amides is 2. The van der Waals surface area contributed by atoms with Crippen LogP contribution in [-0.2, 0) is 35.4 Å². The number of thiophene rings is 1. The number of fused-ring (bicyclic) bond motifs is 1. The lowest BCUT2D eigenvalue weighted by atomic mass is 10.0. The van der Waals surface area contributed by atoms with E-state index in [0.29, 0.717) is 23.7 Å². The zero-order valence-corrected chi connectivity index (χ0v) is 35.0. The molecule has 4 aromatic rings. The average molecular weight is 818 g/mol. The molecule has 55 heavy (non-hydrogen) atoms. The number of nitrogens with zero attached hydrogens (tertiary/aromatic N) is 4. The molecule has 5 rings (SSSR count). The number of halogens is 1. The number of nitrogens with two attached hydrogens (primary N) is 2. The minimum atomic E-state index is -4.02.